The Labute approximate surface area is 157 Å². The van der Waals surface area contributed by atoms with Crippen molar-refractivity contribution < 1.29 is 22.4 Å². The zero-order valence-corrected chi connectivity index (χ0v) is 15.7. The van der Waals surface area contributed by atoms with E-state index in [1.807, 2.05) is 0 Å². The highest BCUT2D eigenvalue weighted by molar-refractivity contribution is 7.92. The van der Waals surface area contributed by atoms with Gasteiger partial charge in [-0.3, -0.25) is 13.9 Å². The molecule has 0 aliphatic carbocycles. The Balaban J connectivity index is 2.06. The second kappa shape index (κ2) is 8.63. The molecule has 0 bridgehead atoms. The molecule has 0 saturated heterocycles. The number of amides is 2. The Morgan fingerprint density at radius 3 is 2.26 bits per heavy atom. The highest BCUT2D eigenvalue weighted by Crippen LogP contribution is 2.21. The van der Waals surface area contributed by atoms with Crippen LogP contribution in [0.1, 0.15) is 13.3 Å². The van der Waals surface area contributed by atoms with Crippen molar-refractivity contribution in [3.05, 3.63) is 54.3 Å². The molecule has 2 aromatic carbocycles. The van der Waals surface area contributed by atoms with Crippen LogP contribution in [0.15, 0.2) is 48.5 Å². The summed E-state index contributed by atoms with van der Waals surface area (Å²) in [6.07, 6.45) is 0.927. The molecular formula is C18H20FN3O4S. The van der Waals surface area contributed by atoms with Crippen LogP contribution in [0.4, 0.5) is 21.5 Å². The SMILES string of the molecule is CC(=O)Nc1ccc(N(CCC(=O)Nc2cccc(F)c2)S(C)(=O)=O)cc1. The fourth-order valence-electron chi connectivity index (χ4n) is 2.39. The third-order valence-corrected chi connectivity index (χ3v) is 4.72. The molecule has 144 valence electrons. The van der Waals surface area contributed by atoms with Crippen LogP contribution < -0.4 is 14.9 Å². The number of carbonyl (C=O) groups excluding carboxylic acids is 2. The fraction of sp³-hybridized carbons (Fsp3) is 0.222. The number of anilines is 3. The summed E-state index contributed by atoms with van der Waals surface area (Å²) < 4.78 is 38.4. The van der Waals surface area contributed by atoms with Crippen LogP contribution in [-0.2, 0) is 19.6 Å². The van der Waals surface area contributed by atoms with E-state index in [1.54, 1.807) is 12.1 Å². The summed E-state index contributed by atoms with van der Waals surface area (Å²) in [6, 6.07) is 11.6. The van der Waals surface area contributed by atoms with E-state index in [2.05, 4.69) is 10.6 Å². The predicted octanol–water partition coefficient (Wildman–Crippen LogP) is 2.58. The fourth-order valence-corrected chi connectivity index (χ4v) is 3.32. The lowest BCUT2D eigenvalue weighted by Gasteiger charge is -2.22. The standard InChI is InChI=1S/C18H20FN3O4S/c1-13(23)20-15-6-8-17(9-7-15)22(27(2,25)26)11-10-18(24)21-16-5-3-4-14(19)12-16/h3-9,12H,10-11H2,1-2H3,(H,20,23)(H,21,24). The van der Waals surface area contributed by atoms with Crippen molar-refractivity contribution in [3.63, 3.8) is 0 Å². The minimum atomic E-state index is -3.62. The van der Waals surface area contributed by atoms with Crippen LogP contribution >= 0.6 is 0 Å². The molecule has 2 aromatic rings. The third kappa shape index (κ3) is 6.37. The van der Waals surface area contributed by atoms with Crippen LogP contribution in [0.3, 0.4) is 0 Å². The van der Waals surface area contributed by atoms with E-state index >= 15 is 0 Å². The Hall–Kier alpha value is -2.94. The van der Waals surface area contributed by atoms with Crippen LogP contribution in [-0.4, -0.2) is 33.0 Å². The van der Waals surface area contributed by atoms with Crippen LogP contribution in [0.5, 0.6) is 0 Å². The molecule has 2 N–H and O–H groups in total. The number of benzene rings is 2. The number of hydrogen-bond acceptors (Lipinski definition) is 4. The average Bonchev–Trinajstić information content (AvgIpc) is 2.55. The second-order valence-electron chi connectivity index (χ2n) is 5.87. The molecule has 0 fully saturated rings. The van der Waals surface area contributed by atoms with Crippen molar-refractivity contribution in [2.45, 2.75) is 13.3 Å². The number of halogens is 1. The molecule has 0 radical (unpaired) electrons. The van der Waals surface area contributed by atoms with Crippen molar-refractivity contribution in [1.29, 1.82) is 0 Å². The van der Waals surface area contributed by atoms with Gasteiger partial charge in [-0.1, -0.05) is 6.07 Å². The van der Waals surface area contributed by atoms with Gasteiger partial charge < -0.3 is 10.6 Å². The normalized spacial score (nSPS) is 10.9. The van der Waals surface area contributed by atoms with E-state index in [1.165, 1.54) is 43.3 Å². The minimum absolute atomic E-state index is 0.0839. The summed E-state index contributed by atoms with van der Waals surface area (Å²) in [5.74, 6) is -1.16. The van der Waals surface area contributed by atoms with Gasteiger partial charge in [-0.05, 0) is 42.5 Å². The number of carbonyl (C=O) groups is 2. The van der Waals surface area contributed by atoms with E-state index in [4.69, 9.17) is 0 Å². The number of rotatable bonds is 7. The molecule has 0 spiro atoms. The van der Waals surface area contributed by atoms with Crippen molar-refractivity contribution in [2.75, 3.05) is 27.7 Å². The van der Waals surface area contributed by atoms with Crippen molar-refractivity contribution in [2.24, 2.45) is 0 Å². The summed E-state index contributed by atoms with van der Waals surface area (Å²) in [6.45, 7) is 1.29. The first kappa shape index (κ1) is 20.4. The molecule has 0 aromatic heterocycles. The third-order valence-electron chi connectivity index (χ3n) is 3.53. The molecule has 0 unspecified atom stereocenters. The second-order valence-corrected chi connectivity index (χ2v) is 7.78. The Bertz CT molecular complexity index is 930. The van der Waals surface area contributed by atoms with Gasteiger partial charge in [0, 0.05) is 31.3 Å². The van der Waals surface area contributed by atoms with E-state index in [0.717, 1.165) is 10.6 Å². The summed E-state index contributed by atoms with van der Waals surface area (Å²) in [5.41, 5.74) is 1.19. The molecule has 9 heteroatoms. The van der Waals surface area contributed by atoms with Gasteiger partial charge >= 0.3 is 0 Å². The van der Waals surface area contributed by atoms with Crippen molar-refractivity contribution in [3.8, 4) is 0 Å². The summed E-state index contributed by atoms with van der Waals surface area (Å²) in [5, 5.41) is 5.11. The van der Waals surface area contributed by atoms with E-state index in [9.17, 15) is 22.4 Å². The van der Waals surface area contributed by atoms with E-state index in [0.29, 0.717) is 17.1 Å². The minimum Gasteiger partial charge on any atom is -0.326 e. The summed E-state index contributed by atoms with van der Waals surface area (Å²) >= 11 is 0. The molecule has 0 heterocycles. The Kier molecular flexibility index (Phi) is 6.51. The Morgan fingerprint density at radius 1 is 1.04 bits per heavy atom. The zero-order valence-electron chi connectivity index (χ0n) is 14.9. The number of sulfonamides is 1. The molecule has 27 heavy (non-hydrogen) atoms. The predicted molar refractivity (Wildman–Crippen MR) is 103 cm³/mol. The maximum Gasteiger partial charge on any atom is 0.232 e. The van der Waals surface area contributed by atoms with Gasteiger partial charge in [0.1, 0.15) is 5.82 Å². The maximum absolute atomic E-state index is 13.2. The summed E-state index contributed by atoms with van der Waals surface area (Å²) in [7, 11) is -3.62. The van der Waals surface area contributed by atoms with Crippen LogP contribution in [0.2, 0.25) is 0 Å². The van der Waals surface area contributed by atoms with Gasteiger partial charge in [0.15, 0.2) is 0 Å². The quantitative estimate of drug-likeness (QED) is 0.756. The van der Waals surface area contributed by atoms with Gasteiger partial charge in [0.2, 0.25) is 21.8 Å². The molecule has 2 amide bonds. The highest BCUT2D eigenvalue weighted by atomic mass is 32.2. The molecule has 0 atom stereocenters. The lowest BCUT2D eigenvalue weighted by atomic mass is 10.2. The number of nitrogens with one attached hydrogen (secondary N) is 2. The van der Waals surface area contributed by atoms with Gasteiger partial charge in [-0.2, -0.15) is 0 Å². The first-order valence-corrected chi connectivity index (χ1v) is 9.91. The maximum atomic E-state index is 13.2. The lowest BCUT2D eigenvalue weighted by molar-refractivity contribution is -0.116. The van der Waals surface area contributed by atoms with Gasteiger partial charge in [-0.15, -0.1) is 0 Å². The van der Waals surface area contributed by atoms with Gasteiger partial charge in [0.05, 0.1) is 11.9 Å². The smallest absolute Gasteiger partial charge is 0.232 e. The van der Waals surface area contributed by atoms with Gasteiger partial charge in [-0.25, -0.2) is 12.8 Å². The summed E-state index contributed by atoms with van der Waals surface area (Å²) in [4.78, 5) is 23.1. The van der Waals surface area contributed by atoms with Gasteiger partial charge in [0.25, 0.3) is 0 Å². The molecular weight excluding hydrogens is 373 g/mol. The first-order chi connectivity index (χ1) is 12.6. The zero-order chi connectivity index (χ0) is 20.0. The van der Waals surface area contributed by atoms with Crippen molar-refractivity contribution in [1.82, 2.24) is 0 Å². The number of nitrogens with zero attached hydrogens (tertiary/aromatic N) is 1. The van der Waals surface area contributed by atoms with Crippen LogP contribution in [0, 0.1) is 5.82 Å². The molecule has 2 rings (SSSR count). The molecule has 0 saturated carbocycles. The molecule has 0 aliphatic rings. The Morgan fingerprint density at radius 2 is 1.70 bits per heavy atom. The molecule has 7 nitrogen and oxygen atoms in total. The molecule has 0 aliphatic heterocycles. The average molecular weight is 393 g/mol. The topological polar surface area (TPSA) is 95.6 Å². The number of hydrogen-bond donors (Lipinski definition) is 2. The lowest BCUT2D eigenvalue weighted by Crippen LogP contribution is -2.33. The monoisotopic (exact) mass is 393 g/mol. The first-order valence-electron chi connectivity index (χ1n) is 8.06. The largest absolute Gasteiger partial charge is 0.326 e. The van der Waals surface area contributed by atoms with E-state index < -0.39 is 21.7 Å². The van der Waals surface area contributed by atoms with E-state index in [-0.39, 0.29) is 18.9 Å². The highest BCUT2D eigenvalue weighted by Gasteiger charge is 2.18. The van der Waals surface area contributed by atoms with Crippen LogP contribution in [0.25, 0.3) is 0 Å². The van der Waals surface area contributed by atoms with Crippen molar-refractivity contribution >= 4 is 38.9 Å².